The Morgan fingerprint density at radius 2 is 1.91 bits per heavy atom. The van der Waals surface area contributed by atoms with Crippen molar-refractivity contribution in [3.05, 3.63) is 16.6 Å². The molecule has 1 aromatic carbocycles. The minimum absolute atomic E-state index is 0.102. The first-order valence-electron chi connectivity index (χ1n) is 7.33. The van der Waals surface area contributed by atoms with Crippen LogP contribution < -0.4 is 19.9 Å². The molecule has 1 aromatic rings. The molecular formula is C14H19BrN2O4S. The Kier molecular flexibility index (Phi) is 4.63. The van der Waals surface area contributed by atoms with E-state index in [1.807, 2.05) is 0 Å². The fourth-order valence-electron chi connectivity index (χ4n) is 2.99. The number of halogens is 1. The maximum Gasteiger partial charge on any atom is 0.242 e. The molecule has 1 aliphatic carbocycles. The Balaban J connectivity index is 1.88. The third-order valence-corrected chi connectivity index (χ3v) is 6.60. The number of nitrogens with two attached hydrogens (primary N) is 1. The third kappa shape index (κ3) is 3.10. The summed E-state index contributed by atoms with van der Waals surface area (Å²) < 4.78 is 39.5. The lowest BCUT2D eigenvalue weighted by Crippen LogP contribution is -2.39. The highest BCUT2D eigenvalue weighted by Crippen LogP contribution is 2.38. The molecule has 3 rings (SSSR count). The van der Waals surface area contributed by atoms with Crippen LogP contribution in [0, 0.1) is 5.92 Å². The van der Waals surface area contributed by atoms with Gasteiger partial charge in [-0.15, -0.1) is 0 Å². The Bertz CT molecular complexity index is 665. The molecule has 0 spiro atoms. The van der Waals surface area contributed by atoms with Crippen molar-refractivity contribution in [3.63, 3.8) is 0 Å². The van der Waals surface area contributed by atoms with Gasteiger partial charge >= 0.3 is 0 Å². The van der Waals surface area contributed by atoms with Crippen LogP contribution in [0.25, 0.3) is 0 Å². The quantitative estimate of drug-likeness (QED) is 0.814. The van der Waals surface area contributed by atoms with Gasteiger partial charge in [-0.05, 0) is 47.3 Å². The molecule has 2 atom stereocenters. The molecule has 1 heterocycles. The van der Waals surface area contributed by atoms with Crippen LogP contribution in [-0.2, 0) is 10.0 Å². The van der Waals surface area contributed by atoms with Crippen molar-refractivity contribution in [1.82, 2.24) is 4.72 Å². The van der Waals surface area contributed by atoms with Crippen LogP contribution in [0.3, 0.4) is 0 Å². The molecule has 0 bridgehead atoms. The number of fused-ring (bicyclic) bond motifs is 1. The smallest absolute Gasteiger partial charge is 0.242 e. The van der Waals surface area contributed by atoms with E-state index in [2.05, 4.69) is 20.7 Å². The molecule has 0 saturated heterocycles. The molecule has 1 saturated carbocycles. The first kappa shape index (κ1) is 16.0. The van der Waals surface area contributed by atoms with E-state index in [0.29, 0.717) is 35.7 Å². The normalized spacial score (nSPS) is 24.5. The molecule has 122 valence electrons. The van der Waals surface area contributed by atoms with Crippen LogP contribution in [0.4, 0.5) is 0 Å². The fourth-order valence-corrected chi connectivity index (χ4v) is 5.36. The van der Waals surface area contributed by atoms with E-state index in [1.54, 1.807) is 6.07 Å². The summed E-state index contributed by atoms with van der Waals surface area (Å²) in [5, 5.41) is 0. The number of sulfonamides is 1. The van der Waals surface area contributed by atoms with Crippen LogP contribution >= 0.6 is 15.9 Å². The number of hydrogen-bond donors (Lipinski definition) is 2. The highest BCUT2D eigenvalue weighted by atomic mass is 79.9. The van der Waals surface area contributed by atoms with E-state index in [1.165, 1.54) is 6.07 Å². The van der Waals surface area contributed by atoms with Crippen molar-refractivity contribution in [3.8, 4) is 11.5 Å². The second-order valence-electron chi connectivity index (χ2n) is 5.58. The van der Waals surface area contributed by atoms with Crippen molar-refractivity contribution < 1.29 is 17.9 Å². The van der Waals surface area contributed by atoms with Gasteiger partial charge in [0.25, 0.3) is 0 Å². The maximum absolute atomic E-state index is 12.7. The van der Waals surface area contributed by atoms with Crippen LogP contribution in [-0.4, -0.2) is 34.2 Å². The minimum Gasteiger partial charge on any atom is -0.486 e. The van der Waals surface area contributed by atoms with Gasteiger partial charge in [0, 0.05) is 16.6 Å². The van der Waals surface area contributed by atoms with Crippen LogP contribution in [0.2, 0.25) is 0 Å². The van der Waals surface area contributed by atoms with Crippen molar-refractivity contribution in [2.24, 2.45) is 11.7 Å². The molecule has 2 aliphatic rings. The standard InChI is InChI=1S/C14H19BrN2O4S/c15-10-6-12-13(21-5-4-20-12)7-14(10)22(18,19)17-11-3-1-2-9(11)8-16/h6-7,9,11,17H,1-5,8,16H2. The summed E-state index contributed by atoms with van der Waals surface area (Å²) in [6, 6.07) is 3.04. The molecule has 22 heavy (non-hydrogen) atoms. The summed E-state index contributed by atoms with van der Waals surface area (Å²) >= 11 is 3.31. The Labute approximate surface area is 138 Å². The molecule has 0 amide bonds. The van der Waals surface area contributed by atoms with E-state index in [4.69, 9.17) is 15.2 Å². The lowest BCUT2D eigenvalue weighted by molar-refractivity contribution is 0.171. The van der Waals surface area contributed by atoms with Gasteiger partial charge in [-0.1, -0.05) is 6.42 Å². The van der Waals surface area contributed by atoms with Gasteiger partial charge in [0.05, 0.1) is 0 Å². The van der Waals surface area contributed by atoms with Crippen molar-refractivity contribution >= 4 is 26.0 Å². The van der Waals surface area contributed by atoms with Gasteiger partial charge in [-0.25, -0.2) is 13.1 Å². The zero-order valence-electron chi connectivity index (χ0n) is 12.0. The van der Waals surface area contributed by atoms with Gasteiger partial charge in [-0.3, -0.25) is 0 Å². The highest BCUT2D eigenvalue weighted by Gasteiger charge is 2.32. The van der Waals surface area contributed by atoms with E-state index in [-0.39, 0.29) is 16.9 Å². The summed E-state index contributed by atoms with van der Waals surface area (Å²) in [7, 11) is -3.64. The average molecular weight is 391 g/mol. The topological polar surface area (TPSA) is 90.7 Å². The first-order chi connectivity index (χ1) is 10.5. The van der Waals surface area contributed by atoms with Gasteiger partial charge < -0.3 is 15.2 Å². The molecule has 2 unspecified atom stereocenters. The monoisotopic (exact) mass is 390 g/mol. The van der Waals surface area contributed by atoms with E-state index in [9.17, 15) is 8.42 Å². The number of ether oxygens (including phenoxy) is 2. The van der Waals surface area contributed by atoms with E-state index < -0.39 is 10.0 Å². The second-order valence-corrected chi connectivity index (χ2v) is 8.12. The number of benzene rings is 1. The van der Waals surface area contributed by atoms with Crippen molar-refractivity contribution in [2.45, 2.75) is 30.2 Å². The summed E-state index contributed by atoms with van der Waals surface area (Å²) in [6.45, 7) is 1.37. The van der Waals surface area contributed by atoms with Crippen LogP contribution in [0.15, 0.2) is 21.5 Å². The van der Waals surface area contributed by atoms with Gasteiger partial charge in [0.2, 0.25) is 10.0 Å². The third-order valence-electron chi connectivity index (χ3n) is 4.15. The second kappa shape index (κ2) is 6.35. The molecule has 1 aliphatic heterocycles. The SMILES string of the molecule is NCC1CCCC1NS(=O)(=O)c1cc2c(cc1Br)OCCO2. The molecule has 6 nitrogen and oxygen atoms in total. The minimum atomic E-state index is -3.64. The summed E-state index contributed by atoms with van der Waals surface area (Å²) in [5.74, 6) is 1.21. The van der Waals surface area contributed by atoms with Crippen LogP contribution in [0.5, 0.6) is 11.5 Å². The Hall–Kier alpha value is -0.830. The average Bonchev–Trinajstić information content (AvgIpc) is 2.92. The predicted molar refractivity (Wildman–Crippen MR) is 85.6 cm³/mol. The molecule has 0 aromatic heterocycles. The molecule has 8 heteroatoms. The fraction of sp³-hybridized carbons (Fsp3) is 0.571. The largest absolute Gasteiger partial charge is 0.486 e. The number of hydrogen-bond acceptors (Lipinski definition) is 5. The summed E-state index contributed by atoms with van der Waals surface area (Å²) in [6.07, 6.45) is 2.78. The predicted octanol–water partition coefficient (Wildman–Crippen LogP) is 1.63. The van der Waals surface area contributed by atoms with Crippen molar-refractivity contribution in [1.29, 1.82) is 0 Å². The Morgan fingerprint density at radius 1 is 1.23 bits per heavy atom. The zero-order chi connectivity index (χ0) is 15.7. The van der Waals surface area contributed by atoms with Crippen LogP contribution in [0.1, 0.15) is 19.3 Å². The lowest BCUT2D eigenvalue weighted by atomic mass is 10.1. The number of rotatable bonds is 4. The molecule has 3 N–H and O–H groups in total. The summed E-state index contributed by atoms with van der Waals surface area (Å²) in [4.78, 5) is 0.166. The molecule has 1 fully saturated rings. The summed E-state index contributed by atoms with van der Waals surface area (Å²) in [5.41, 5.74) is 5.72. The first-order valence-corrected chi connectivity index (χ1v) is 9.60. The van der Waals surface area contributed by atoms with E-state index >= 15 is 0 Å². The highest BCUT2D eigenvalue weighted by molar-refractivity contribution is 9.10. The molecule has 0 radical (unpaired) electrons. The van der Waals surface area contributed by atoms with Crippen molar-refractivity contribution in [2.75, 3.05) is 19.8 Å². The lowest BCUT2D eigenvalue weighted by Gasteiger charge is -2.22. The Morgan fingerprint density at radius 3 is 2.59 bits per heavy atom. The number of nitrogens with one attached hydrogen (secondary N) is 1. The maximum atomic E-state index is 12.7. The van der Waals surface area contributed by atoms with Gasteiger partial charge in [0.15, 0.2) is 11.5 Å². The van der Waals surface area contributed by atoms with E-state index in [0.717, 1.165) is 19.3 Å². The molecular weight excluding hydrogens is 372 g/mol. The van der Waals surface area contributed by atoms with Gasteiger partial charge in [-0.2, -0.15) is 0 Å². The van der Waals surface area contributed by atoms with Gasteiger partial charge in [0.1, 0.15) is 18.1 Å². The zero-order valence-corrected chi connectivity index (χ0v) is 14.5.